The highest BCUT2D eigenvalue weighted by atomic mass is 127. The summed E-state index contributed by atoms with van der Waals surface area (Å²) in [4.78, 5) is 0.0368. The third-order valence-corrected chi connectivity index (χ3v) is 4.61. The Labute approximate surface area is 143 Å². The largest absolute Gasteiger partial charge is 0.416 e. The Morgan fingerprint density at radius 3 is 2.50 bits per heavy atom. The molecule has 0 aliphatic rings. The number of aryl methyl sites for hydroxylation is 1. The van der Waals surface area contributed by atoms with E-state index in [1.54, 1.807) is 13.0 Å². The number of benzene rings is 2. The summed E-state index contributed by atoms with van der Waals surface area (Å²) >= 11 is 6.96. The van der Waals surface area contributed by atoms with E-state index in [2.05, 4.69) is 5.32 Å². The zero-order valence-corrected chi connectivity index (χ0v) is 14.2. The first-order valence-corrected chi connectivity index (χ1v) is 7.62. The molecule has 0 saturated heterocycles. The van der Waals surface area contributed by atoms with Crippen molar-refractivity contribution in [3.63, 3.8) is 0 Å². The lowest BCUT2D eigenvalue weighted by atomic mass is 10.1. The lowest BCUT2D eigenvalue weighted by Gasteiger charge is -2.13. The molecule has 0 spiro atoms. The third-order valence-electron chi connectivity index (χ3n) is 2.97. The Morgan fingerprint density at radius 1 is 1.18 bits per heavy atom. The molecule has 0 aliphatic carbocycles. The SMILES string of the molecule is Cc1ccc(C(=S)Nc2cccc(C(F)(F)F)c2)c(F)c1I. The number of nitrogens with one attached hydrogen (secondary N) is 1. The molecule has 0 radical (unpaired) electrons. The Hall–Kier alpha value is -1.22. The van der Waals surface area contributed by atoms with E-state index >= 15 is 0 Å². The van der Waals surface area contributed by atoms with Gasteiger partial charge in [-0.1, -0.05) is 24.4 Å². The molecule has 2 aromatic carbocycles. The highest BCUT2D eigenvalue weighted by molar-refractivity contribution is 14.1. The van der Waals surface area contributed by atoms with Gasteiger partial charge in [0.05, 0.1) is 9.13 Å². The molecule has 0 aliphatic heterocycles. The van der Waals surface area contributed by atoms with Crippen LogP contribution < -0.4 is 5.32 Å². The number of anilines is 1. The standard InChI is InChI=1S/C15H10F4INS/c1-8-5-6-11(12(16)13(8)20)14(22)21-10-4-2-3-9(7-10)15(17,18)19/h2-7H,1H3,(H,21,22). The van der Waals surface area contributed by atoms with Crippen LogP contribution in [-0.2, 0) is 6.18 Å². The molecular weight excluding hydrogens is 429 g/mol. The van der Waals surface area contributed by atoms with Crippen molar-refractivity contribution in [2.45, 2.75) is 13.1 Å². The predicted octanol–water partition coefficient (Wildman–Crippen LogP) is 5.55. The summed E-state index contributed by atoms with van der Waals surface area (Å²) in [7, 11) is 0. The van der Waals surface area contributed by atoms with Gasteiger partial charge in [0, 0.05) is 11.3 Å². The summed E-state index contributed by atoms with van der Waals surface area (Å²) in [6.45, 7) is 1.76. The van der Waals surface area contributed by atoms with Crippen molar-refractivity contribution in [3.8, 4) is 0 Å². The monoisotopic (exact) mass is 439 g/mol. The first-order valence-electron chi connectivity index (χ1n) is 6.13. The van der Waals surface area contributed by atoms with Crippen molar-refractivity contribution >= 4 is 45.5 Å². The quantitative estimate of drug-likeness (QED) is 0.375. The molecule has 0 aromatic heterocycles. The Bertz CT molecular complexity index is 728. The number of hydrogen-bond acceptors (Lipinski definition) is 1. The molecule has 1 N–H and O–H groups in total. The van der Waals surface area contributed by atoms with Crippen LogP contribution in [0.15, 0.2) is 36.4 Å². The summed E-state index contributed by atoms with van der Waals surface area (Å²) in [5.74, 6) is -0.481. The maximum Gasteiger partial charge on any atom is 0.416 e. The molecule has 116 valence electrons. The van der Waals surface area contributed by atoms with Gasteiger partial charge in [-0.2, -0.15) is 13.2 Å². The van der Waals surface area contributed by atoms with Crippen molar-refractivity contribution in [3.05, 3.63) is 62.5 Å². The second-order valence-electron chi connectivity index (χ2n) is 4.59. The first-order chi connectivity index (χ1) is 10.2. The summed E-state index contributed by atoms with van der Waals surface area (Å²) in [5, 5.41) is 2.65. The highest BCUT2D eigenvalue weighted by Crippen LogP contribution is 2.31. The predicted molar refractivity (Wildman–Crippen MR) is 90.6 cm³/mol. The Balaban J connectivity index is 2.28. The van der Waals surface area contributed by atoms with Crippen molar-refractivity contribution in [2.24, 2.45) is 0 Å². The number of alkyl halides is 3. The molecule has 22 heavy (non-hydrogen) atoms. The molecule has 0 heterocycles. The maximum absolute atomic E-state index is 14.2. The normalized spacial score (nSPS) is 11.4. The minimum Gasteiger partial charge on any atom is -0.346 e. The Morgan fingerprint density at radius 2 is 1.86 bits per heavy atom. The maximum atomic E-state index is 14.2. The van der Waals surface area contributed by atoms with E-state index in [0.717, 1.165) is 17.7 Å². The molecule has 2 rings (SSSR count). The van der Waals surface area contributed by atoms with Gasteiger partial charge in [0.25, 0.3) is 0 Å². The minimum atomic E-state index is -4.44. The number of thiocarbonyl (C=S) groups is 1. The summed E-state index contributed by atoms with van der Waals surface area (Å²) in [5.41, 5.74) is 0.292. The van der Waals surface area contributed by atoms with E-state index in [9.17, 15) is 17.6 Å². The second-order valence-corrected chi connectivity index (χ2v) is 6.08. The molecule has 7 heteroatoms. The summed E-state index contributed by atoms with van der Waals surface area (Å²) < 4.78 is 52.6. The minimum absolute atomic E-state index is 0.0368. The van der Waals surface area contributed by atoms with E-state index in [1.807, 2.05) is 22.6 Å². The van der Waals surface area contributed by atoms with Gasteiger partial charge in [-0.15, -0.1) is 0 Å². The van der Waals surface area contributed by atoms with Crippen molar-refractivity contribution in [2.75, 3.05) is 5.32 Å². The smallest absolute Gasteiger partial charge is 0.346 e. The van der Waals surface area contributed by atoms with E-state index in [1.165, 1.54) is 18.2 Å². The van der Waals surface area contributed by atoms with E-state index in [-0.39, 0.29) is 16.2 Å². The van der Waals surface area contributed by atoms with Gasteiger partial charge in [0.15, 0.2) is 0 Å². The average Bonchev–Trinajstić information content (AvgIpc) is 2.44. The topological polar surface area (TPSA) is 12.0 Å². The van der Waals surface area contributed by atoms with Crippen molar-refractivity contribution < 1.29 is 17.6 Å². The molecule has 2 aromatic rings. The Kier molecular flexibility index (Phi) is 5.06. The first kappa shape index (κ1) is 17.1. The van der Waals surface area contributed by atoms with Gasteiger partial charge in [-0.05, 0) is 59.3 Å². The number of halogens is 5. The zero-order valence-electron chi connectivity index (χ0n) is 11.3. The average molecular weight is 439 g/mol. The lowest BCUT2D eigenvalue weighted by Crippen LogP contribution is -2.14. The van der Waals surface area contributed by atoms with Crippen LogP contribution in [0.4, 0.5) is 23.2 Å². The molecule has 0 fully saturated rings. The fourth-order valence-electron chi connectivity index (χ4n) is 1.79. The zero-order chi connectivity index (χ0) is 16.5. The van der Waals surface area contributed by atoms with Crippen LogP contribution in [0.5, 0.6) is 0 Å². The van der Waals surface area contributed by atoms with Crippen LogP contribution in [-0.4, -0.2) is 4.99 Å². The molecule has 0 saturated carbocycles. The van der Waals surface area contributed by atoms with E-state index < -0.39 is 17.6 Å². The second kappa shape index (κ2) is 6.49. The van der Waals surface area contributed by atoms with Gasteiger partial charge in [0.2, 0.25) is 0 Å². The summed E-state index contributed by atoms with van der Waals surface area (Å²) in [6, 6.07) is 7.82. The number of rotatable bonds is 2. The van der Waals surface area contributed by atoms with Crippen LogP contribution in [0.2, 0.25) is 0 Å². The molecule has 1 nitrogen and oxygen atoms in total. The van der Waals surface area contributed by atoms with Crippen LogP contribution in [0.1, 0.15) is 16.7 Å². The molecule has 0 unspecified atom stereocenters. The van der Waals surface area contributed by atoms with Crippen LogP contribution in [0.3, 0.4) is 0 Å². The van der Waals surface area contributed by atoms with E-state index in [0.29, 0.717) is 3.57 Å². The van der Waals surface area contributed by atoms with Gasteiger partial charge in [-0.3, -0.25) is 0 Å². The molecule has 0 bridgehead atoms. The van der Waals surface area contributed by atoms with Gasteiger partial charge < -0.3 is 5.32 Å². The van der Waals surface area contributed by atoms with Crippen LogP contribution in [0, 0.1) is 16.3 Å². The highest BCUT2D eigenvalue weighted by Gasteiger charge is 2.30. The fourth-order valence-corrected chi connectivity index (χ4v) is 2.54. The fraction of sp³-hybridized carbons (Fsp3) is 0.133. The van der Waals surface area contributed by atoms with Gasteiger partial charge in [-0.25, -0.2) is 4.39 Å². The molecule has 0 atom stereocenters. The van der Waals surface area contributed by atoms with Gasteiger partial charge in [0.1, 0.15) is 10.8 Å². The van der Waals surface area contributed by atoms with Crippen LogP contribution >= 0.6 is 34.8 Å². The molecular formula is C15H10F4INS. The van der Waals surface area contributed by atoms with Gasteiger partial charge >= 0.3 is 6.18 Å². The van der Waals surface area contributed by atoms with Crippen LogP contribution in [0.25, 0.3) is 0 Å². The lowest BCUT2D eigenvalue weighted by molar-refractivity contribution is -0.137. The number of hydrogen-bond donors (Lipinski definition) is 1. The third kappa shape index (κ3) is 3.75. The van der Waals surface area contributed by atoms with E-state index in [4.69, 9.17) is 12.2 Å². The van der Waals surface area contributed by atoms with Crippen molar-refractivity contribution in [1.29, 1.82) is 0 Å². The van der Waals surface area contributed by atoms with Crippen molar-refractivity contribution in [1.82, 2.24) is 0 Å². The summed E-state index contributed by atoms with van der Waals surface area (Å²) in [6.07, 6.45) is -4.44. The molecule has 0 amide bonds.